The molecule has 0 bridgehead atoms. The molecule has 21 heavy (non-hydrogen) atoms. The molecule has 1 aliphatic rings. The summed E-state index contributed by atoms with van der Waals surface area (Å²) in [6.45, 7) is 8.97. The zero-order chi connectivity index (χ0) is 15.5. The van der Waals surface area contributed by atoms with Crippen LogP contribution in [0.1, 0.15) is 46.1 Å². The number of nitrogens with one attached hydrogen (secondary N) is 2. The zero-order valence-electron chi connectivity index (χ0n) is 13.4. The number of hydrogen-bond donors (Lipinski definition) is 2. The number of ether oxygens (including phenoxy) is 1. The summed E-state index contributed by atoms with van der Waals surface area (Å²) in [6, 6.07) is 9.86. The van der Waals surface area contributed by atoms with E-state index in [0.717, 1.165) is 18.4 Å². The smallest absolute Gasteiger partial charge is 0.407 e. The van der Waals surface area contributed by atoms with Gasteiger partial charge in [0.15, 0.2) is 0 Å². The van der Waals surface area contributed by atoms with Crippen LogP contribution in [-0.4, -0.2) is 23.2 Å². The standard InChI is InChI=1S/C17H26N2O2/c1-16(2)10-14(11-17(3,4)19-16)18-15(20)21-12-13-8-6-5-7-9-13/h5-9,14,19H,10-12H2,1-4H3,(H,18,20). The Balaban J connectivity index is 1.85. The van der Waals surface area contributed by atoms with Gasteiger partial charge in [0.2, 0.25) is 0 Å². The Morgan fingerprint density at radius 2 is 1.76 bits per heavy atom. The van der Waals surface area contributed by atoms with Crippen molar-refractivity contribution in [2.75, 3.05) is 0 Å². The number of piperidine rings is 1. The van der Waals surface area contributed by atoms with Gasteiger partial charge in [0.05, 0.1) is 0 Å². The van der Waals surface area contributed by atoms with E-state index in [9.17, 15) is 4.79 Å². The number of amides is 1. The number of hydrogen-bond acceptors (Lipinski definition) is 3. The molecule has 2 N–H and O–H groups in total. The quantitative estimate of drug-likeness (QED) is 0.898. The maximum atomic E-state index is 12.0. The number of alkyl carbamates (subject to hydrolysis) is 1. The second-order valence-electron chi connectivity index (χ2n) is 7.20. The molecule has 0 aromatic heterocycles. The largest absolute Gasteiger partial charge is 0.445 e. The first-order valence-electron chi connectivity index (χ1n) is 7.52. The van der Waals surface area contributed by atoms with Crippen LogP contribution >= 0.6 is 0 Å². The maximum absolute atomic E-state index is 12.0. The summed E-state index contributed by atoms with van der Waals surface area (Å²) in [5.41, 5.74) is 1.02. The Kier molecular flexibility index (Phi) is 4.57. The number of rotatable bonds is 3. The van der Waals surface area contributed by atoms with Crippen LogP contribution in [0.25, 0.3) is 0 Å². The first-order chi connectivity index (χ1) is 9.76. The molecule has 1 aliphatic heterocycles. The summed E-state index contributed by atoms with van der Waals surface area (Å²) in [5, 5.41) is 6.60. The summed E-state index contributed by atoms with van der Waals surface area (Å²) < 4.78 is 5.30. The Morgan fingerprint density at radius 1 is 1.19 bits per heavy atom. The second-order valence-corrected chi connectivity index (χ2v) is 7.20. The Bertz CT molecular complexity index is 467. The molecule has 1 aromatic rings. The van der Waals surface area contributed by atoms with Gasteiger partial charge in [0, 0.05) is 17.1 Å². The molecule has 0 aliphatic carbocycles. The van der Waals surface area contributed by atoms with E-state index < -0.39 is 0 Å². The van der Waals surface area contributed by atoms with Gasteiger partial charge in [-0.2, -0.15) is 0 Å². The van der Waals surface area contributed by atoms with Crippen molar-refractivity contribution in [3.8, 4) is 0 Å². The fraction of sp³-hybridized carbons (Fsp3) is 0.588. The molecule has 0 unspecified atom stereocenters. The normalized spacial score (nSPS) is 20.8. The van der Waals surface area contributed by atoms with E-state index in [1.165, 1.54) is 0 Å². The second kappa shape index (κ2) is 6.06. The predicted molar refractivity (Wildman–Crippen MR) is 84.1 cm³/mol. The molecule has 2 rings (SSSR count). The van der Waals surface area contributed by atoms with Crippen LogP contribution in [0.2, 0.25) is 0 Å². The van der Waals surface area contributed by atoms with Crippen LogP contribution in [0.5, 0.6) is 0 Å². The highest BCUT2D eigenvalue weighted by Crippen LogP contribution is 2.28. The molecule has 1 aromatic carbocycles. The molecule has 0 saturated carbocycles. The number of carbonyl (C=O) groups is 1. The van der Waals surface area contributed by atoms with Crippen LogP contribution in [0, 0.1) is 0 Å². The molecule has 4 nitrogen and oxygen atoms in total. The van der Waals surface area contributed by atoms with Crippen LogP contribution in [0.4, 0.5) is 4.79 Å². The Hall–Kier alpha value is -1.55. The fourth-order valence-electron chi connectivity index (χ4n) is 3.36. The third kappa shape index (κ3) is 5.05. The average Bonchev–Trinajstić information content (AvgIpc) is 2.33. The minimum atomic E-state index is -0.336. The summed E-state index contributed by atoms with van der Waals surface area (Å²) in [7, 11) is 0. The Labute approximate surface area is 127 Å². The summed E-state index contributed by atoms with van der Waals surface area (Å²) in [6.07, 6.45) is 1.46. The molecule has 0 spiro atoms. The third-order valence-corrected chi connectivity index (χ3v) is 3.72. The van der Waals surface area contributed by atoms with Gasteiger partial charge >= 0.3 is 6.09 Å². The van der Waals surface area contributed by atoms with Gasteiger partial charge < -0.3 is 15.4 Å². The van der Waals surface area contributed by atoms with Gasteiger partial charge in [-0.15, -0.1) is 0 Å². The first-order valence-corrected chi connectivity index (χ1v) is 7.52. The van der Waals surface area contributed by atoms with E-state index in [4.69, 9.17) is 4.74 Å². The van der Waals surface area contributed by atoms with Crippen molar-refractivity contribution >= 4 is 6.09 Å². The third-order valence-electron chi connectivity index (χ3n) is 3.72. The lowest BCUT2D eigenvalue weighted by Gasteiger charge is -2.46. The summed E-state index contributed by atoms with van der Waals surface area (Å²) in [4.78, 5) is 12.0. The van der Waals surface area contributed by atoms with Gasteiger partial charge in [0.25, 0.3) is 0 Å². The van der Waals surface area contributed by atoms with Crippen LogP contribution in [-0.2, 0) is 11.3 Å². The van der Waals surface area contributed by atoms with Gasteiger partial charge in [-0.25, -0.2) is 4.79 Å². The van der Waals surface area contributed by atoms with Crippen LogP contribution < -0.4 is 10.6 Å². The lowest BCUT2D eigenvalue weighted by molar-refractivity contribution is 0.112. The molecule has 1 fully saturated rings. The van der Waals surface area contributed by atoms with Crippen LogP contribution in [0.3, 0.4) is 0 Å². The summed E-state index contributed by atoms with van der Waals surface area (Å²) >= 11 is 0. The lowest BCUT2D eigenvalue weighted by atomic mass is 9.80. The molecule has 1 amide bonds. The van der Waals surface area contributed by atoms with Crippen molar-refractivity contribution in [3.63, 3.8) is 0 Å². The lowest BCUT2D eigenvalue weighted by Crippen LogP contribution is -2.62. The molecular weight excluding hydrogens is 264 g/mol. The fourth-order valence-corrected chi connectivity index (χ4v) is 3.36. The van der Waals surface area contributed by atoms with Crippen molar-refractivity contribution < 1.29 is 9.53 Å². The molecular formula is C17H26N2O2. The molecule has 0 atom stereocenters. The van der Waals surface area contributed by atoms with E-state index in [1.807, 2.05) is 30.3 Å². The molecule has 1 heterocycles. The van der Waals surface area contributed by atoms with E-state index >= 15 is 0 Å². The maximum Gasteiger partial charge on any atom is 0.407 e. The van der Waals surface area contributed by atoms with E-state index in [2.05, 4.69) is 38.3 Å². The van der Waals surface area contributed by atoms with Crippen molar-refractivity contribution in [2.45, 2.75) is 64.3 Å². The van der Waals surface area contributed by atoms with Gasteiger partial charge in [0.1, 0.15) is 6.61 Å². The van der Waals surface area contributed by atoms with Gasteiger partial charge in [-0.1, -0.05) is 30.3 Å². The Morgan fingerprint density at radius 3 is 2.33 bits per heavy atom. The van der Waals surface area contributed by atoms with Crippen molar-refractivity contribution in [2.24, 2.45) is 0 Å². The number of carbonyl (C=O) groups excluding carboxylic acids is 1. The number of benzene rings is 1. The van der Waals surface area contributed by atoms with E-state index in [1.54, 1.807) is 0 Å². The topological polar surface area (TPSA) is 50.4 Å². The summed E-state index contributed by atoms with van der Waals surface area (Å²) in [5.74, 6) is 0. The molecule has 4 heteroatoms. The van der Waals surface area contributed by atoms with Gasteiger partial charge in [-0.05, 0) is 46.1 Å². The first kappa shape index (κ1) is 15.8. The van der Waals surface area contributed by atoms with Crippen molar-refractivity contribution in [1.29, 1.82) is 0 Å². The van der Waals surface area contributed by atoms with E-state index in [0.29, 0.717) is 6.61 Å². The SMILES string of the molecule is CC1(C)CC(NC(=O)OCc2ccccc2)CC(C)(C)N1. The molecule has 116 valence electrons. The predicted octanol–water partition coefficient (Wildman–Crippen LogP) is 3.22. The minimum absolute atomic E-state index is 0.0130. The molecule has 1 saturated heterocycles. The zero-order valence-corrected chi connectivity index (χ0v) is 13.4. The van der Waals surface area contributed by atoms with Crippen LogP contribution in [0.15, 0.2) is 30.3 Å². The highest BCUT2D eigenvalue weighted by molar-refractivity contribution is 5.67. The highest BCUT2D eigenvalue weighted by atomic mass is 16.5. The molecule has 0 radical (unpaired) electrons. The minimum Gasteiger partial charge on any atom is -0.445 e. The van der Waals surface area contributed by atoms with Crippen molar-refractivity contribution in [1.82, 2.24) is 10.6 Å². The van der Waals surface area contributed by atoms with Gasteiger partial charge in [-0.3, -0.25) is 0 Å². The monoisotopic (exact) mass is 290 g/mol. The average molecular weight is 290 g/mol. The van der Waals surface area contributed by atoms with E-state index in [-0.39, 0.29) is 23.2 Å². The van der Waals surface area contributed by atoms with Crippen molar-refractivity contribution in [3.05, 3.63) is 35.9 Å². The highest BCUT2D eigenvalue weighted by Gasteiger charge is 2.38.